The Morgan fingerprint density at radius 3 is 2.50 bits per heavy atom. The molecule has 1 amide bonds. The van der Waals surface area contributed by atoms with Crippen LogP contribution in [0.3, 0.4) is 0 Å². The molecular formula is C21H16N2O4S. The summed E-state index contributed by atoms with van der Waals surface area (Å²) in [6.07, 6.45) is 0. The van der Waals surface area contributed by atoms with Gasteiger partial charge < -0.3 is 15.2 Å². The largest absolute Gasteiger partial charge is 0.507 e. The van der Waals surface area contributed by atoms with Gasteiger partial charge >= 0.3 is 5.97 Å². The van der Waals surface area contributed by atoms with Crippen molar-refractivity contribution in [3.63, 3.8) is 0 Å². The predicted octanol–water partition coefficient (Wildman–Crippen LogP) is 3.96. The summed E-state index contributed by atoms with van der Waals surface area (Å²) in [5.74, 6) is -1.25. The number of benzene rings is 3. The van der Waals surface area contributed by atoms with Crippen molar-refractivity contribution in [1.82, 2.24) is 0 Å². The molecule has 0 fully saturated rings. The van der Waals surface area contributed by atoms with Gasteiger partial charge in [0, 0.05) is 4.90 Å². The van der Waals surface area contributed by atoms with Gasteiger partial charge in [0.1, 0.15) is 11.3 Å². The fourth-order valence-electron chi connectivity index (χ4n) is 2.59. The topological polar surface area (TPSA) is 99.4 Å². The Balaban J connectivity index is 1.65. The Morgan fingerprint density at radius 1 is 1.07 bits per heavy atom. The molecule has 0 atom stereocenters. The number of aromatic hydroxyl groups is 1. The summed E-state index contributed by atoms with van der Waals surface area (Å²) in [6, 6.07) is 19.4. The van der Waals surface area contributed by atoms with Gasteiger partial charge in [0.05, 0.1) is 17.5 Å². The highest BCUT2D eigenvalue weighted by molar-refractivity contribution is 7.99. The molecule has 3 aromatic rings. The fraction of sp³-hybridized carbons (Fsp3) is 0.0952. The van der Waals surface area contributed by atoms with E-state index in [2.05, 4.69) is 5.32 Å². The molecule has 0 aliphatic heterocycles. The zero-order chi connectivity index (χ0) is 19.9. The number of rotatable bonds is 6. The van der Waals surface area contributed by atoms with Crippen LogP contribution < -0.4 is 5.32 Å². The van der Waals surface area contributed by atoms with Crippen molar-refractivity contribution in [2.75, 3.05) is 17.7 Å². The van der Waals surface area contributed by atoms with Gasteiger partial charge in [0.2, 0.25) is 0 Å². The van der Waals surface area contributed by atoms with Gasteiger partial charge in [0.25, 0.3) is 5.91 Å². The number of carbonyl (C=O) groups is 2. The first kappa shape index (κ1) is 19.3. The Kier molecular flexibility index (Phi) is 6.14. The van der Waals surface area contributed by atoms with E-state index in [0.717, 1.165) is 15.7 Å². The van der Waals surface area contributed by atoms with E-state index in [1.54, 1.807) is 24.3 Å². The first-order valence-electron chi connectivity index (χ1n) is 8.36. The van der Waals surface area contributed by atoms with Crippen LogP contribution in [-0.2, 0) is 9.53 Å². The molecule has 7 heteroatoms. The molecule has 2 N–H and O–H groups in total. The van der Waals surface area contributed by atoms with E-state index in [4.69, 9.17) is 10.00 Å². The average Bonchev–Trinajstić information content (AvgIpc) is 2.71. The molecule has 0 unspecified atom stereocenters. The highest BCUT2D eigenvalue weighted by atomic mass is 32.2. The quantitative estimate of drug-likeness (QED) is 0.487. The number of nitriles is 1. The van der Waals surface area contributed by atoms with Crippen LogP contribution in [0.5, 0.6) is 5.75 Å². The predicted molar refractivity (Wildman–Crippen MR) is 107 cm³/mol. The molecule has 3 rings (SSSR count). The van der Waals surface area contributed by atoms with Crippen molar-refractivity contribution in [3.05, 3.63) is 66.2 Å². The second-order valence-electron chi connectivity index (χ2n) is 5.78. The van der Waals surface area contributed by atoms with Gasteiger partial charge in [-0.1, -0.05) is 36.4 Å². The van der Waals surface area contributed by atoms with Crippen LogP contribution >= 0.6 is 11.8 Å². The molecule has 0 radical (unpaired) electrons. The zero-order valence-corrected chi connectivity index (χ0v) is 15.5. The minimum Gasteiger partial charge on any atom is -0.507 e. The number of anilines is 1. The first-order valence-corrected chi connectivity index (χ1v) is 9.34. The highest BCUT2D eigenvalue weighted by Crippen LogP contribution is 2.27. The lowest BCUT2D eigenvalue weighted by Gasteiger charge is -2.11. The summed E-state index contributed by atoms with van der Waals surface area (Å²) in [5, 5.41) is 23.0. The summed E-state index contributed by atoms with van der Waals surface area (Å²) >= 11 is 1.30. The minimum absolute atomic E-state index is 0.00326. The van der Waals surface area contributed by atoms with Gasteiger partial charge in [0.15, 0.2) is 6.61 Å². The Morgan fingerprint density at radius 2 is 1.75 bits per heavy atom. The Bertz CT molecular complexity index is 1080. The van der Waals surface area contributed by atoms with Gasteiger partial charge in [-0.25, -0.2) is 4.79 Å². The molecule has 0 saturated heterocycles. The SMILES string of the molecule is N#CCSc1ccccc1NC(=O)COC(=O)c1cc2ccccc2cc1O. The lowest BCUT2D eigenvalue weighted by molar-refractivity contribution is -0.119. The summed E-state index contributed by atoms with van der Waals surface area (Å²) in [4.78, 5) is 25.2. The number of nitrogens with one attached hydrogen (secondary N) is 1. The molecule has 28 heavy (non-hydrogen) atoms. The van der Waals surface area contributed by atoms with E-state index in [0.29, 0.717) is 5.69 Å². The molecule has 0 aromatic heterocycles. The number of thioether (sulfide) groups is 1. The number of phenols is 1. The van der Waals surface area contributed by atoms with Crippen molar-refractivity contribution in [2.24, 2.45) is 0 Å². The van der Waals surface area contributed by atoms with E-state index in [-0.39, 0.29) is 17.1 Å². The summed E-state index contributed by atoms with van der Waals surface area (Å²) in [7, 11) is 0. The number of fused-ring (bicyclic) bond motifs is 1. The van der Waals surface area contributed by atoms with Crippen LogP contribution in [0.1, 0.15) is 10.4 Å². The van der Waals surface area contributed by atoms with Crippen LogP contribution in [0.15, 0.2) is 65.6 Å². The molecule has 0 saturated carbocycles. The average molecular weight is 392 g/mol. The maximum Gasteiger partial charge on any atom is 0.342 e. The molecular weight excluding hydrogens is 376 g/mol. The van der Waals surface area contributed by atoms with Crippen LogP contribution in [0, 0.1) is 11.3 Å². The van der Waals surface area contributed by atoms with Crippen LogP contribution in [0.4, 0.5) is 5.69 Å². The van der Waals surface area contributed by atoms with Crippen molar-refractivity contribution < 1.29 is 19.4 Å². The zero-order valence-electron chi connectivity index (χ0n) is 14.7. The van der Waals surface area contributed by atoms with Crippen molar-refractivity contribution in [3.8, 4) is 11.8 Å². The molecule has 6 nitrogen and oxygen atoms in total. The van der Waals surface area contributed by atoms with Gasteiger partial charge in [-0.15, -0.1) is 11.8 Å². The van der Waals surface area contributed by atoms with E-state index in [1.807, 2.05) is 30.3 Å². The molecule has 0 heterocycles. The van der Waals surface area contributed by atoms with E-state index in [1.165, 1.54) is 23.9 Å². The van der Waals surface area contributed by atoms with Crippen molar-refractivity contribution in [1.29, 1.82) is 5.26 Å². The van der Waals surface area contributed by atoms with Crippen LogP contribution in [0.25, 0.3) is 10.8 Å². The third kappa shape index (κ3) is 4.61. The lowest BCUT2D eigenvalue weighted by atomic mass is 10.1. The number of esters is 1. The van der Waals surface area contributed by atoms with E-state index >= 15 is 0 Å². The number of hydrogen-bond acceptors (Lipinski definition) is 6. The molecule has 0 aliphatic carbocycles. The third-order valence-electron chi connectivity index (χ3n) is 3.87. The van der Waals surface area contributed by atoms with Gasteiger partial charge in [-0.3, -0.25) is 4.79 Å². The smallest absolute Gasteiger partial charge is 0.342 e. The fourth-order valence-corrected chi connectivity index (χ4v) is 3.26. The number of carbonyl (C=O) groups excluding carboxylic acids is 2. The number of hydrogen-bond donors (Lipinski definition) is 2. The van der Waals surface area contributed by atoms with Gasteiger partial charge in [-0.05, 0) is 35.0 Å². The normalized spacial score (nSPS) is 10.2. The van der Waals surface area contributed by atoms with Crippen molar-refractivity contribution in [2.45, 2.75) is 4.90 Å². The maximum atomic E-state index is 12.3. The number of nitrogens with zero attached hydrogens (tertiary/aromatic N) is 1. The molecule has 0 bridgehead atoms. The summed E-state index contributed by atoms with van der Waals surface area (Å²) in [5.41, 5.74) is 0.536. The number of phenolic OH excluding ortho intramolecular Hbond substituents is 1. The summed E-state index contributed by atoms with van der Waals surface area (Å²) in [6.45, 7) is -0.498. The second kappa shape index (κ2) is 8.93. The highest BCUT2D eigenvalue weighted by Gasteiger charge is 2.16. The standard InChI is InChI=1S/C21H16N2O4S/c22-9-10-28-19-8-4-3-7-17(19)23-20(25)13-27-21(26)16-11-14-5-1-2-6-15(14)12-18(16)24/h1-8,11-12,24H,10,13H2,(H,23,25). The summed E-state index contributed by atoms with van der Waals surface area (Å²) < 4.78 is 5.04. The number of ether oxygens (including phenoxy) is 1. The molecule has 3 aromatic carbocycles. The first-order chi connectivity index (χ1) is 13.6. The molecule has 0 spiro atoms. The van der Waals surface area contributed by atoms with E-state index in [9.17, 15) is 14.7 Å². The molecule has 0 aliphatic rings. The number of amides is 1. The molecule has 140 valence electrons. The monoisotopic (exact) mass is 392 g/mol. The number of para-hydroxylation sites is 1. The lowest BCUT2D eigenvalue weighted by Crippen LogP contribution is -2.21. The minimum atomic E-state index is -0.787. The van der Waals surface area contributed by atoms with E-state index < -0.39 is 18.5 Å². The van der Waals surface area contributed by atoms with Crippen LogP contribution in [-0.4, -0.2) is 29.3 Å². The maximum absolute atomic E-state index is 12.3. The van der Waals surface area contributed by atoms with Crippen LogP contribution in [0.2, 0.25) is 0 Å². The Labute approximate surface area is 165 Å². The van der Waals surface area contributed by atoms with Gasteiger partial charge in [-0.2, -0.15) is 5.26 Å². The third-order valence-corrected chi connectivity index (χ3v) is 4.81. The second-order valence-corrected chi connectivity index (χ2v) is 6.80. The van der Waals surface area contributed by atoms with Crippen molar-refractivity contribution >= 4 is 40.1 Å². The Hall–Kier alpha value is -3.50.